The van der Waals surface area contributed by atoms with Gasteiger partial charge < -0.3 is 0 Å². The first kappa shape index (κ1) is 43.9. The number of rotatable bonds is 0. The van der Waals surface area contributed by atoms with Crippen LogP contribution in [0.25, 0.3) is 0 Å². The van der Waals surface area contributed by atoms with E-state index in [1.54, 1.807) is 0 Å². The average molecular weight is 351 g/mol. The molecule has 0 nitrogen and oxygen atoms in total. The lowest BCUT2D eigenvalue weighted by molar-refractivity contribution is 0.469. The molecule has 158 valence electrons. The highest BCUT2D eigenvalue weighted by atomic mass is 14.0. The van der Waals surface area contributed by atoms with Gasteiger partial charge in [-0.05, 0) is 10.8 Å². The number of hydrogen-bond donors (Lipinski definition) is 0. The van der Waals surface area contributed by atoms with Crippen LogP contribution in [-0.4, -0.2) is 0 Å². The smallest absolute Gasteiger partial charge is 0.0411 e. The van der Waals surface area contributed by atoms with E-state index in [2.05, 4.69) is 111 Å². The fourth-order valence-corrected chi connectivity index (χ4v) is 0. The molecule has 0 aliphatic rings. The normalized spacial score (nSPS) is 8.25. The molecule has 0 spiro atoms. The summed E-state index contributed by atoms with van der Waals surface area (Å²) >= 11 is 0. The maximum atomic E-state index is 2.19. The fraction of sp³-hybridized carbons (Fsp3) is 1.00. The standard InChI is InChI=1S/2C5H12.4C3H8.C2H6/c2*1-5(2,3)4;4*1-3-2;1-2/h2*1-4H3;4*3H2,1-2H3;1-2H3. The van der Waals surface area contributed by atoms with Crippen molar-refractivity contribution in [2.75, 3.05) is 0 Å². The second-order valence-electron chi connectivity index (χ2n) is 8.83. The molecule has 0 aliphatic carbocycles. The summed E-state index contributed by atoms with van der Waals surface area (Å²) in [6, 6.07) is 0. The lowest BCUT2D eigenvalue weighted by atomic mass is 10.0. The molecule has 0 aromatic rings. The summed E-state index contributed by atoms with van der Waals surface area (Å²) in [7, 11) is 0. The molecule has 0 radical (unpaired) electrons. The minimum atomic E-state index is 0.500. The first-order valence-electron chi connectivity index (χ1n) is 10.7. The van der Waals surface area contributed by atoms with Gasteiger partial charge in [0.05, 0.1) is 0 Å². The van der Waals surface area contributed by atoms with Crippen LogP contribution in [0.3, 0.4) is 0 Å². The van der Waals surface area contributed by atoms with E-state index >= 15 is 0 Å². The van der Waals surface area contributed by atoms with Gasteiger partial charge >= 0.3 is 0 Å². The van der Waals surface area contributed by atoms with E-state index in [-0.39, 0.29) is 0 Å². The van der Waals surface area contributed by atoms with Crippen molar-refractivity contribution in [1.82, 2.24) is 0 Å². The van der Waals surface area contributed by atoms with Gasteiger partial charge in [0.15, 0.2) is 0 Å². The van der Waals surface area contributed by atoms with Gasteiger partial charge in [0.25, 0.3) is 0 Å². The van der Waals surface area contributed by atoms with Crippen molar-refractivity contribution in [1.29, 1.82) is 0 Å². The first-order chi connectivity index (χ1) is 10.7. The molecule has 0 heterocycles. The molecule has 0 atom stereocenters. The summed E-state index contributed by atoms with van der Waals surface area (Å²) in [5.41, 5.74) is 1.00. The molecule has 24 heavy (non-hydrogen) atoms. The van der Waals surface area contributed by atoms with Gasteiger partial charge in [-0.15, -0.1) is 0 Å². The first-order valence-corrected chi connectivity index (χ1v) is 10.7. The van der Waals surface area contributed by atoms with E-state index < -0.39 is 0 Å². The summed E-state index contributed by atoms with van der Waals surface area (Å²) in [5.74, 6) is 0. The molecule has 0 amide bonds. The maximum Gasteiger partial charge on any atom is -0.0411 e. The summed E-state index contributed by atoms with van der Waals surface area (Å²) in [6.07, 6.45) is 5.00. The minimum absolute atomic E-state index is 0.500. The summed E-state index contributed by atoms with van der Waals surface area (Å²) in [6.45, 7) is 38.5. The Balaban J connectivity index is -0.0000000288. The van der Waals surface area contributed by atoms with Crippen LogP contribution in [-0.2, 0) is 0 Å². The Labute approximate surface area is 161 Å². The van der Waals surface area contributed by atoms with Crippen LogP contribution in [0.5, 0.6) is 0 Å². The zero-order chi connectivity index (χ0) is 21.8. The highest BCUT2D eigenvalue weighted by Gasteiger charge is 1.96. The van der Waals surface area contributed by atoms with Crippen molar-refractivity contribution in [2.24, 2.45) is 10.8 Å². The predicted octanol–water partition coefficient (Wildman–Crippen LogP) is 10.8. The highest BCUT2D eigenvalue weighted by molar-refractivity contribution is 4.47. The molecular formula is C24H62. The van der Waals surface area contributed by atoms with Gasteiger partial charge in [-0.25, -0.2) is 0 Å². The van der Waals surface area contributed by atoms with Crippen molar-refractivity contribution in [3.05, 3.63) is 0 Å². The number of hydrogen-bond acceptors (Lipinski definition) is 0. The molecule has 0 bridgehead atoms. The minimum Gasteiger partial charge on any atom is -0.0683 e. The Morgan fingerprint density at radius 1 is 0.333 bits per heavy atom. The van der Waals surface area contributed by atoms with Gasteiger partial charge in [-0.3, -0.25) is 0 Å². The zero-order valence-corrected chi connectivity index (χ0v) is 21.8. The van der Waals surface area contributed by atoms with Crippen LogP contribution < -0.4 is 0 Å². The SMILES string of the molecule is CC.CC(C)(C)C.CC(C)(C)C.CCC.CCC.CCC.CCC. The van der Waals surface area contributed by atoms with Crippen molar-refractivity contribution >= 4 is 0 Å². The second-order valence-corrected chi connectivity index (χ2v) is 8.83. The van der Waals surface area contributed by atoms with Crippen molar-refractivity contribution in [2.45, 2.75) is 150 Å². The van der Waals surface area contributed by atoms with Crippen LogP contribution in [0.2, 0.25) is 0 Å². The van der Waals surface area contributed by atoms with E-state index in [0.29, 0.717) is 10.8 Å². The van der Waals surface area contributed by atoms with Gasteiger partial charge in [0.1, 0.15) is 0 Å². The third-order valence-electron chi connectivity index (χ3n) is 0. The molecular weight excluding hydrogens is 288 g/mol. The van der Waals surface area contributed by atoms with Gasteiger partial charge in [-0.1, -0.05) is 150 Å². The van der Waals surface area contributed by atoms with Crippen LogP contribution >= 0.6 is 0 Å². The van der Waals surface area contributed by atoms with E-state index in [9.17, 15) is 0 Å². The van der Waals surface area contributed by atoms with Gasteiger partial charge in [0, 0.05) is 0 Å². The Morgan fingerprint density at radius 3 is 0.333 bits per heavy atom. The van der Waals surface area contributed by atoms with Crippen molar-refractivity contribution in [3.63, 3.8) is 0 Å². The van der Waals surface area contributed by atoms with E-state index in [4.69, 9.17) is 0 Å². The van der Waals surface area contributed by atoms with Gasteiger partial charge in [0.2, 0.25) is 0 Å². The Hall–Kier alpha value is 0. The molecule has 0 aromatic carbocycles. The van der Waals surface area contributed by atoms with Gasteiger partial charge in [-0.2, -0.15) is 0 Å². The second kappa shape index (κ2) is 43.5. The topological polar surface area (TPSA) is 0 Å². The molecule has 0 saturated carbocycles. The Bertz CT molecular complexity index is 77.0. The zero-order valence-electron chi connectivity index (χ0n) is 21.8. The lowest BCUT2D eigenvalue weighted by Gasteiger charge is -2.05. The third kappa shape index (κ3) is 0. The van der Waals surface area contributed by atoms with Crippen LogP contribution in [0.1, 0.15) is 150 Å². The van der Waals surface area contributed by atoms with E-state index in [1.807, 2.05) is 13.8 Å². The summed E-state index contributed by atoms with van der Waals surface area (Å²) in [4.78, 5) is 0. The monoisotopic (exact) mass is 350 g/mol. The van der Waals surface area contributed by atoms with Crippen LogP contribution in [0, 0.1) is 10.8 Å². The highest BCUT2D eigenvalue weighted by Crippen LogP contribution is 2.08. The van der Waals surface area contributed by atoms with E-state index in [1.165, 1.54) is 25.7 Å². The van der Waals surface area contributed by atoms with E-state index in [0.717, 1.165) is 0 Å². The molecule has 0 aromatic heterocycles. The molecule has 0 saturated heterocycles. The Kier molecular flexibility index (Phi) is 79.6. The van der Waals surface area contributed by atoms with Crippen LogP contribution in [0.4, 0.5) is 0 Å². The molecule has 0 aliphatic heterocycles. The fourth-order valence-electron chi connectivity index (χ4n) is 0. The third-order valence-corrected chi connectivity index (χ3v) is 0. The molecule has 0 unspecified atom stereocenters. The average Bonchev–Trinajstić information content (AvgIpc) is 2.30. The van der Waals surface area contributed by atoms with Crippen molar-refractivity contribution < 1.29 is 0 Å². The quantitative estimate of drug-likeness (QED) is 0.407. The summed E-state index contributed by atoms with van der Waals surface area (Å²) in [5, 5.41) is 0. The Morgan fingerprint density at radius 2 is 0.333 bits per heavy atom. The molecule has 0 N–H and O–H groups in total. The molecule has 0 heteroatoms. The molecule has 0 rings (SSSR count). The summed E-state index contributed by atoms with van der Waals surface area (Å²) < 4.78 is 0. The predicted molar refractivity (Wildman–Crippen MR) is 125 cm³/mol. The van der Waals surface area contributed by atoms with Crippen LogP contribution in [0.15, 0.2) is 0 Å². The molecule has 0 fully saturated rings. The maximum absolute atomic E-state index is 2.19. The largest absolute Gasteiger partial charge is 0.0683 e. The van der Waals surface area contributed by atoms with Crippen molar-refractivity contribution in [3.8, 4) is 0 Å². The lowest BCUT2D eigenvalue weighted by Crippen LogP contribution is -1.93.